The van der Waals surface area contributed by atoms with Crippen LogP contribution in [-0.4, -0.2) is 22.0 Å². The van der Waals surface area contributed by atoms with Gasteiger partial charge in [-0.05, 0) is 32.4 Å². The number of nitro benzene ring substituents is 1. The Hall–Kier alpha value is -2.74. The van der Waals surface area contributed by atoms with Gasteiger partial charge >= 0.3 is 0 Å². The fourth-order valence-corrected chi connectivity index (χ4v) is 3.42. The highest BCUT2D eigenvalue weighted by Gasteiger charge is 2.18. The Bertz CT molecular complexity index is 952. The van der Waals surface area contributed by atoms with E-state index in [-0.39, 0.29) is 11.4 Å². The predicted molar refractivity (Wildman–Crippen MR) is 91.3 cm³/mol. The topological polar surface area (TPSA) is 87.4 Å². The largest absolute Gasteiger partial charge is 0.493 e. The van der Waals surface area contributed by atoms with Crippen LogP contribution in [0.15, 0.2) is 18.2 Å². The van der Waals surface area contributed by atoms with Crippen molar-refractivity contribution in [2.45, 2.75) is 20.8 Å². The number of non-ortho nitro benzene ring substituents is 1. The summed E-state index contributed by atoms with van der Waals surface area (Å²) in [6.07, 6.45) is 0. The van der Waals surface area contributed by atoms with Crippen molar-refractivity contribution in [3.05, 3.63) is 44.6 Å². The number of aryl methyl sites for hydroxylation is 3. The summed E-state index contributed by atoms with van der Waals surface area (Å²) < 4.78 is 11.1. The Morgan fingerprint density at radius 1 is 1.17 bits per heavy atom. The highest BCUT2D eigenvalue weighted by atomic mass is 32.1. The summed E-state index contributed by atoms with van der Waals surface area (Å²) in [6.45, 7) is 5.76. The van der Waals surface area contributed by atoms with Crippen molar-refractivity contribution < 1.29 is 14.4 Å². The molecule has 0 atom stereocenters. The van der Waals surface area contributed by atoms with Crippen LogP contribution >= 0.6 is 11.3 Å². The second-order valence-corrected chi connectivity index (χ2v) is 6.44. The molecule has 0 spiro atoms. The lowest BCUT2D eigenvalue weighted by molar-refractivity contribution is -0.384. The first-order valence-electron chi connectivity index (χ1n) is 7.15. The Kier molecular flexibility index (Phi) is 4.06. The number of nitro groups is 1. The van der Waals surface area contributed by atoms with Crippen LogP contribution < -0.4 is 9.47 Å². The number of hydrogen-bond donors (Lipinski definition) is 0. The molecule has 0 aliphatic carbocycles. The van der Waals surface area contributed by atoms with Crippen molar-refractivity contribution in [3.63, 3.8) is 0 Å². The third kappa shape index (κ3) is 2.76. The highest BCUT2D eigenvalue weighted by molar-refractivity contribution is 7.18. The summed E-state index contributed by atoms with van der Waals surface area (Å²) in [7, 11) is 1.48. The van der Waals surface area contributed by atoms with Crippen LogP contribution in [0.5, 0.6) is 17.4 Å². The zero-order valence-corrected chi connectivity index (χ0v) is 14.4. The van der Waals surface area contributed by atoms with Crippen LogP contribution in [0.2, 0.25) is 0 Å². The zero-order chi connectivity index (χ0) is 17.4. The molecule has 124 valence electrons. The summed E-state index contributed by atoms with van der Waals surface area (Å²) in [6, 6.07) is 4.20. The summed E-state index contributed by atoms with van der Waals surface area (Å²) in [5.74, 6) is 1.59. The molecule has 2 aromatic heterocycles. The van der Waals surface area contributed by atoms with Gasteiger partial charge in [0.1, 0.15) is 10.7 Å². The summed E-state index contributed by atoms with van der Waals surface area (Å²) >= 11 is 1.57. The van der Waals surface area contributed by atoms with E-state index in [0.29, 0.717) is 17.5 Å². The molecule has 0 aliphatic rings. The molecular formula is C16H15N3O4S. The molecule has 0 unspecified atom stereocenters. The molecule has 0 aliphatic heterocycles. The van der Waals surface area contributed by atoms with Crippen LogP contribution in [0, 0.1) is 30.9 Å². The van der Waals surface area contributed by atoms with Gasteiger partial charge in [-0.1, -0.05) is 0 Å². The molecule has 0 radical (unpaired) electrons. The van der Waals surface area contributed by atoms with Gasteiger partial charge < -0.3 is 9.47 Å². The molecule has 2 heterocycles. The SMILES string of the molecule is COc1ccc([N+](=O)[O-])cc1Oc1nc(C)nc2sc(C)c(C)c12. The lowest BCUT2D eigenvalue weighted by Gasteiger charge is -2.11. The van der Waals surface area contributed by atoms with E-state index in [1.807, 2.05) is 13.8 Å². The predicted octanol–water partition coefficient (Wildman–Crippen LogP) is 4.33. The number of aromatic nitrogens is 2. The maximum absolute atomic E-state index is 11.0. The quantitative estimate of drug-likeness (QED) is 0.517. The Morgan fingerprint density at radius 2 is 1.92 bits per heavy atom. The molecule has 0 amide bonds. The number of nitrogens with zero attached hydrogens (tertiary/aromatic N) is 3. The minimum atomic E-state index is -0.479. The first-order valence-corrected chi connectivity index (χ1v) is 7.97. The molecule has 8 heteroatoms. The fraction of sp³-hybridized carbons (Fsp3) is 0.250. The Morgan fingerprint density at radius 3 is 2.58 bits per heavy atom. The van der Waals surface area contributed by atoms with Gasteiger partial charge in [-0.2, -0.15) is 4.98 Å². The number of thiophene rings is 1. The number of methoxy groups -OCH3 is 1. The van der Waals surface area contributed by atoms with E-state index in [0.717, 1.165) is 20.7 Å². The van der Waals surface area contributed by atoms with Gasteiger partial charge in [-0.25, -0.2) is 4.98 Å². The van der Waals surface area contributed by atoms with E-state index in [2.05, 4.69) is 9.97 Å². The van der Waals surface area contributed by atoms with Gasteiger partial charge in [0.15, 0.2) is 11.5 Å². The highest BCUT2D eigenvalue weighted by Crippen LogP contribution is 2.39. The lowest BCUT2D eigenvalue weighted by atomic mass is 10.2. The van der Waals surface area contributed by atoms with E-state index in [1.165, 1.54) is 25.3 Å². The number of fused-ring (bicyclic) bond motifs is 1. The van der Waals surface area contributed by atoms with Crippen LogP contribution in [0.1, 0.15) is 16.3 Å². The average Bonchev–Trinajstić information content (AvgIpc) is 2.81. The summed E-state index contributed by atoms with van der Waals surface area (Å²) in [5, 5.41) is 11.8. The number of hydrogen-bond acceptors (Lipinski definition) is 7. The molecule has 3 rings (SSSR count). The van der Waals surface area contributed by atoms with Gasteiger partial charge in [0.2, 0.25) is 5.88 Å². The molecular weight excluding hydrogens is 330 g/mol. The lowest BCUT2D eigenvalue weighted by Crippen LogP contribution is -1.97. The van der Waals surface area contributed by atoms with Crippen LogP contribution in [0.4, 0.5) is 5.69 Å². The van der Waals surface area contributed by atoms with Crippen molar-refractivity contribution in [3.8, 4) is 17.4 Å². The number of benzene rings is 1. The zero-order valence-electron chi connectivity index (χ0n) is 13.6. The maximum Gasteiger partial charge on any atom is 0.273 e. The maximum atomic E-state index is 11.0. The molecule has 0 bridgehead atoms. The van der Waals surface area contributed by atoms with Gasteiger partial charge in [-0.3, -0.25) is 10.1 Å². The van der Waals surface area contributed by atoms with Gasteiger partial charge in [0.05, 0.1) is 23.5 Å². The van der Waals surface area contributed by atoms with E-state index in [1.54, 1.807) is 18.3 Å². The van der Waals surface area contributed by atoms with Gasteiger partial charge in [0.25, 0.3) is 5.69 Å². The van der Waals surface area contributed by atoms with Gasteiger partial charge in [-0.15, -0.1) is 11.3 Å². The van der Waals surface area contributed by atoms with Gasteiger partial charge in [0, 0.05) is 10.9 Å². The smallest absolute Gasteiger partial charge is 0.273 e. The minimum absolute atomic E-state index is 0.0777. The van der Waals surface area contributed by atoms with Crippen molar-refractivity contribution >= 4 is 27.2 Å². The molecule has 0 fully saturated rings. The Balaban J connectivity index is 2.16. The Labute approximate surface area is 142 Å². The molecule has 0 saturated heterocycles. The molecule has 0 saturated carbocycles. The van der Waals surface area contributed by atoms with Crippen molar-refractivity contribution in [2.24, 2.45) is 0 Å². The van der Waals surface area contributed by atoms with E-state index in [4.69, 9.17) is 9.47 Å². The molecule has 0 N–H and O–H groups in total. The third-order valence-corrected chi connectivity index (χ3v) is 4.77. The standard InChI is InChI=1S/C16H15N3O4S/c1-8-9(2)24-16-14(8)15(17-10(3)18-16)23-13-7-11(19(20)21)5-6-12(13)22-4/h5-7H,1-4H3. The van der Waals surface area contributed by atoms with Crippen LogP contribution in [-0.2, 0) is 0 Å². The monoisotopic (exact) mass is 345 g/mol. The first-order chi connectivity index (χ1) is 11.4. The normalized spacial score (nSPS) is 10.8. The number of rotatable bonds is 4. The second kappa shape index (κ2) is 6.04. The molecule has 24 heavy (non-hydrogen) atoms. The van der Waals surface area contributed by atoms with Crippen LogP contribution in [0.3, 0.4) is 0 Å². The first kappa shape index (κ1) is 16.1. The van der Waals surface area contributed by atoms with Crippen molar-refractivity contribution in [1.29, 1.82) is 0 Å². The molecule has 1 aromatic carbocycles. The second-order valence-electron chi connectivity index (χ2n) is 5.23. The third-order valence-electron chi connectivity index (χ3n) is 3.67. The van der Waals surface area contributed by atoms with E-state index in [9.17, 15) is 10.1 Å². The fourth-order valence-electron chi connectivity index (χ4n) is 2.35. The van der Waals surface area contributed by atoms with Crippen molar-refractivity contribution in [1.82, 2.24) is 9.97 Å². The number of ether oxygens (including phenoxy) is 2. The molecule has 3 aromatic rings. The minimum Gasteiger partial charge on any atom is -0.493 e. The van der Waals surface area contributed by atoms with Crippen LogP contribution in [0.25, 0.3) is 10.2 Å². The van der Waals surface area contributed by atoms with E-state index < -0.39 is 4.92 Å². The summed E-state index contributed by atoms with van der Waals surface area (Å²) in [4.78, 5) is 21.3. The van der Waals surface area contributed by atoms with E-state index >= 15 is 0 Å². The molecule has 7 nitrogen and oxygen atoms in total. The van der Waals surface area contributed by atoms with Crippen molar-refractivity contribution in [2.75, 3.05) is 7.11 Å². The average molecular weight is 345 g/mol. The summed E-state index contributed by atoms with van der Waals surface area (Å²) in [5.41, 5.74) is 0.959.